The molecule has 0 aromatic heterocycles. The Balaban J connectivity index is 2.27. The average Bonchev–Trinajstić information content (AvgIpc) is 2.31. The second-order valence-corrected chi connectivity index (χ2v) is 8.09. The number of rotatable bonds is 2. The van der Waals surface area contributed by atoms with Crippen molar-refractivity contribution in [1.82, 2.24) is 4.31 Å². The SMILES string of the molecule is Nc1ccc(S(=O)(=O)N2CC[Se]CC2)cc1. The molecular weight excluding hydrogens is 291 g/mol. The van der Waals surface area contributed by atoms with E-state index >= 15 is 0 Å². The van der Waals surface area contributed by atoms with E-state index in [1.54, 1.807) is 28.6 Å². The molecule has 1 aliphatic heterocycles. The molecule has 0 aliphatic carbocycles. The van der Waals surface area contributed by atoms with E-state index in [9.17, 15) is 8.42 Å². The molecular formula is C10H14N2O2SSe. The Morgan fingerprint density at radius 3 is 2.25 bits per heavy atom. The van der Waals surface area contributed by atoms with Crippen LogP contribution in [0.4, 0.5) is 5.69 Å². The second-order valence-electron chi connectivity index (χ2n) is 3.59. The molecule has 0 radical (unpaired) electrons. The monoisotopic (exact) mass is 306 g/mol. The fraction of sp³-hybridized carbons (Fsp3) is 0.400. The molecule has 2 N–H and O–H groups in total. The second kappa shape index (κ2) is 4.75. The quantitative estimate of drug-likeness (QED) is 0.650. The Kier molecular flexibility index (Phi) is 3.54. The maximum atomic E-state index is 12.2. The van der Waals surface area contributed by atoms with Crippen LogP contribution in [-0.2, 0) is 10.0 Å². The van der Waals surface area contributed by atoms with Gasteiger partial charge >= 0.3 is 102 Å². The Bertz CT molecular complexity index is 452. The first-order valence-corrected chi connectivity index (χ1v) is 8.90. The summed E-state index contributed by atoms with van der Waals surface area (Å²) in [7, 11) is -3.29. The van der Waals surface area contributed by atoms with Gasteiger partial charge in [-0.05, 0) is 0 Å². The molecule has 2 rings (SSSR count). The third kappa shape index (κ3) is 2.40. The Labute approximate surface area is 102 Å². The van der Waals surface area contributed by atoms with Gasteiger partial charge in [0, 0.05) is 0 Å². The van der Waals surface area contributed by atoms with Gasteiger partial charge in [0.25, 0.3) is 0 Å². The van der Waals surface area contributed by atoms with Gasteiger partial charge < -0.3 is 0 Å². The maximum absolute atomic E-state index is 12.2. The molecule has 0 spiro atoms. The molecule has 0 bridgehead atoms. The number of nitrogens with zero attached hydrogens (tertiary/aromatic N) is 1. The molecule has 16 heavy (non-hydrogen) atoms. The van der Waals surface area contributed by atoms with Crippen molar-refractivity contribution in [2.45, 2.75) is 15.5 Å². The summed E-state index contributed by atoms with van der Waals surface area (Å²) in [5.41, 5.74) is 6.13. The Morgan fingerprint density at radius 2 is 1.69 bits per heavy atom. The van der Waals surface area contributed by atoms with Crippen LogP contribution in [0.3, 0.4) is 0 Å². The van der Waals surface area contributed by atoms with Crippen molar-refractivity contribution in [3.8, 4) is 0 Å². The number of sulfonamides is 1. The molecule has 0 amide bonds. The fourth-order valence-corrected chi connectivity index (χ4v) is 5.43. The zero-order valence-electron chi connectivity index (χ0n) is 8.80. The van der Waals surface area contributed by atoms with E-state index in [0.29, 0.717) is 38.6 Å². The van der Waals surface area contributed by atoms with Gasteiger partial charge in [-0.1, -0.05) is 0 Å². The topological polar surface area (TPSA) is 63.4 Å². The number of benzene rings is 1. The molecule has 1 fully saturated rings. The van der Waals surface area contributed by atoms with Crippen LogP contribution in [0.25, 0.3) is 0 Å². The van der Waals surface area contributed by atoms with E-state index in [2.05, 4.69) is 0 Å². The van der Waals surface area contributed by atoms with Gasteiger partial charge in [-0.3, -0.25) is 0 Å². The normalized spacial score (nSPS) is 18.5. The van der Waals surface area contributed by atoms with E-state index in [1.165, 1.54) is 0 Å². The van der Waals surface area contributed by atoms with Crippen molar-refractivity contribution >= 4 is 30.7 Å². The van der Waals surface area contributed by atoms with E-state index in [0.717, 1.165) is 10.6 Å². The van der Waals surface area contributed by atoms with Crippen molar-refractivity contribution in [2.24, 2.45) is 0 Å². The van der Waals surface area contributed by atoms with Crippen molar-refractivity contribution in [3.05, 3.63) is 24.3 Å². The van der Waals surface area contributed by atoms with Crippen LogP contribution in [0.1, 0.15) is 0 Å². The molecule has 1 heterocycles. The van der Waals surface area contributed by atoms with Gasteiger partial charge in [0.15, 0.2) is 0 Å². The van der Waals surface area contributed by atoms with E-state index in [4.69, 9.17) is 5.73 Å². The summed E-state index contributed by atoms with van der Waals surface area (Å²) in [5.74, 6) is 0. The fourth-order valence-electron chi connectivity index (χ4n) is 1.58. The summed E-state index contributed by atoms with van der Waals surface area (Å²) in [5, 5.41) is 2.03. The van der Waals surface area contributed by atoms with Crippen LogP contribution in [0, 0.1) is 0 Å². The van der Waals surface area contributed by atoms with Crippen LogP contribution in [-0.4, -0.2) is 40.8 Å². The van der Waals surface area contributed by atoms with E-state index < -0.39 is 10.0 Å². The van der Waals surface area contributed by atoms with Crippen LogP contribution in [0.15, 0.2) is 29.2 Å². The Hall–Kier alpha value is -0.551. The average molecular weight is 305 g/mol. The molecule has 88 valence electrons. The first-order valence-electron chi connectivity index (χ1n) is 5.04. The number of nitrogens with two attached hydrogens (primary N) is 1. The van der Waals surface area contributed by atoms with Crippen LogP contribution >= 0.6 is 0 Å². The molecule has 0 saturated carbocycles. The van der Waals surface area contributed by atoms with Crippen molar-refractivity contribution in [3.63, 3.8) is 0 Å². The van der Waals surface area contributed by atoms with E-state index in [1.807, 2.05) is 0 Å². The molecule has 4 nitrogen and oxygen atoms in total. The van der Waals surface area contributed by atoms with Gasteiger partial charge in [-0.15, -0.1) is 0 Å². The molecule has 1 saturated heterocycles. The van der Waals surface area contributed by atoms with Gasteiger partial charge in [0.2, 0.25) is 0 Å². The van der Waals surface area contributed by atoms with Gasteiger partial charge in [-0.2, -0.15) is 0 Å². The minimum atomic E-state index is -3.29. The molecule has 1 aliphatic rings. The molecule has 1 aromatic carbocycles. The standard InChI is InChI=1S/C10H14N2O2SSe/c11-9-1-3-10(4-2-9)15(13,14)12-5-7-16-8-6-12/h1-4H,5-8,11H2. The van der Waals surface area contributed by atoms with Crippen LogP contribution in [0.2, 0.25) is 10.6 Å². The van der Waals surface area contributed by atoms with Crippen molar-refractivity contribution in [1.29, 1.82) is 0 Å². The summed E-state index contributed by atoms with van der Waals surface area (Å²) in [6.07, 6.45) is 0. The molecule has 1 aromatic rings. The van der Waals surface area contributed by atoms with Crippen molar-refractivity contribution < 1.29 is 8.42 Å². The summed E-state index contributed by atoms with van der Waals surface area (Å²) in [6, 6.07) is 6.40. The van der Waals surface area contributed by atoms with Gasteiger partial charge in [-0.25, -0.2) is 0 Å². The predicted octanol–water partition coefficient (Wildman–Crippen LogP) is 0.814. The van der Waals surface area contributed by atoms with E-state index in [-0.39, 0.29) is 0 Å². The summed E-state index contributed by atoms with van der Waals surface area (Å²) < 4.78 is 26.0. The summed E-state index contributed by atoms with van der Waals surface area (Å²) in [6.45, 7) is 1.32. The van der Waals surface area contributed by atoms with Gasteiger partial charge in [0.05, 0.1) is 0 Å². The first kappa shape index (κ1) is 11.9. The Morgan fingerprint density at radius 1 is 1.12 bits per heavy atom. The molecule has 6 heteroatoms. The minimum absolute atomic E-state index is 0.344. The first-order chi connectivity index (χ1) is 7.60. The third-order valence-corrected chi connectivity index (χ3v) is 6.38. The number of hydrogen-bond acceptors (Lipinski definition) is 3. The number of hydrogen-bond donors (Lipinski definition) is 1. The predicted molar refractivity (Wildman–Crippen MR) is 65.0 cm³/mol. The molecule has 0 atom stereocenters. The number of nitrogen functional groups attached to an aromatic ring is 1. The molecule has 0 unspecified atom stereocenters. The third-order valence-electron chi connectivity index (χ3n) is 2.49. The van der Waals surface area contributed by atoms with Gasteiger partial charge in [0.1, 0.15) is 0 Å². The zero-order valence-corrected chi connectivity index (χ0v) is 11.3. The van der Waals surface area contributed by atoms with Crippen molar-refractivity contribution in [2.75, 3.05) is 18.8 Å². The van der Waals surface area contributed by atoms with Crippen LogP contribution in [0.5, 0.6) is 0 Å². The van der Waals surface area contributed by atoms with Crippen LogP contribution < -0.4 is 5.73 Å². The number of anilines is 1. The zero-order chi connectivity index (χ0) is 11.6. The summed E-state index contributed by atoms with van der Waals surface area (Å²) >= 11 is 0.618. The summed E-state index contributed by atoms with van der Waals surface area (Å²) in [4.78, 5) is 0.344.